The standard InChI is InChI=1S/C27H30N2O5/c30-25(31)14-23(26(32)29-15-17-8-2-1-3-13-24(17)29)28-27(33)34-16-22-20-11-6-4-9-18(20)19-10-5-7-12-21(19)22/h4-7,9-12,17,22-24H,1-3,8,13-16H2,(H,28,33)(H,30,31). The SMILES string of the molecule is O=C(O)CC(NC(=O)OCC1c2ccccc2-c2ccccc21)C(=O)N1CC2CCCCCC21. The van der Waals surface area contributed by atoms with Gasteiger partial charge in [0.2, 0.25) is 5.91 Å². The Bertz CT molecular complexity index is 1050. The number of nitrogens with one attached hydrogen (secondary N) is 1. The third-order valence-corrected chi connectivity index (χ3v) is 7.55. The van der Waals surface area contributed by atoms with Crippen LogP contribution in [-0.4, -0.2) is 53.2 Å². The molecule has 3 aliphatic rings. The van der Waals surface area contributed by atoms with Crippen LogP contribution in [-0.2, 0) is 14.3 Å². The van der Waals surface area contributed by atoms with Crippen molar-refractivity contribution in [2.24, 2.45) is 5.92 Å². The van der Waals surface area contributed by atoms with E-state index in [1.807, 2.05) is 36.4 Å². The van der Waals surface area contributed by atoms with Gasteiger partial charge in [-0.2, -0.15) is 0 Å². The van der Waals surface area contributed by atoms with Gasteiger partial charge >= 0.3 is 12.1 Å². The lowest BCUT2D eigenvalue weighted by Gasteiger charge is -2.48. The molecule has 5 rings (SSSR count). The minimum Gasteiger partial charge on any atom is -0.481 e. The third-order valence-electron chi connectivity index (χ3n) is 7.55. The van der Waals surface area contributed by atoms with Crippen molar-refractivity contribution in [3.8, 4) is 11.1 Å². The Hall–Kier alpha value is -3.35. The molecule has 2 aliphatic carbocycles. The van der Waals surface area contributed by atoms with Crippen LogP contribution >= 0.6 is 0 Å². The van der Waals surface area contributed by atoms with Gasteiger partial charge in [-0.05, 0) is 41.0 Å². The van der Waals surface area contributed by atoms with Gasteiger partial charge in [0.05, 0.1) is 6.42 Å². The molecule has 0 radical (unpaired) electrons. The van der Waals surface area contributed by atoms with Crippen molar-refractivity contribution in [1.82, 2.24) is 10.2 Å². The minimum atomic E-state index is -1.13. The fourth-order valence-corrected chi connectivity index (χ4v) is 5.85. The molecule has 2 aromatic carbocycles. The molecule has 0 spiro atoms. The fourth-order valence-electron chi connectivity index (χ4n) is 5.85. The lowest BCUT2D eigenvalue weighted by Crippen LogP contribution is -2.62. The summed E-state index contributed by atoms with van der Waals surface area (Å²) in [6, 6.07) is 15.1. The Labute approximate surface area is 199 Å². The van der Waals surface area contributed by atoms with Crippen molar-refractivity contribution in [3.05, 3.63) is 59.7 Å². The Kier molecular flexibility index (Phi) is 6.26. The zero-order chi connectivity index (χ0) is 23.7. The summed E-state index contributed by atoms with van der Waals surface area (Å²) >= 11 is 0. The molecule has 3 unspecified atom stereocenters. The molecule has 34 heavy (non-hydrogen) atoms. The number of alkyl carbamates (subject to hydrolysis) is 1. The number of benzene rings is 2. The van der Waals surface area contributed by atoms with Crippen LogP contribution in [0.2, 0.25) is 0 Å². The molecule has 7 nitrogen and oxygen atoms in total. The van der Waals surface area contributed by atoms with Gasteiger partial charge in [-0.3, -0.25) is 9.59 Å². The summed E-state index contributed by atoms with van der Waals surface area (Å²) in [6.45, 7) is 0.758. The summed E-state index contributed by atoms with van der Waals surface area (Å²) in [5.74, 6) is -1.06. The van der Waals surface area contributed by atoms with Crippen molar-refractivity contribution in [2.45, 2.75) is 56.5 Å². The predicted molar refractivity (Wildman–Crippen MR) is 126 cm³/mol. The molecule has 7 heteroatoms. The summed E-state index contributed by atoms with van der Waals surface area (Å²) in [5, 5.41) is 11.9. The topological polar surface area (TPSA) is 95.9 Å². The molecular weight excluding hydrogens is 432 g/mol. The van der Waals surface area contributed by atoms with E-state index in [1.165, 1.54) is 12.8 Å². The zero-order valence-corrected chi connectivity index (χ0v) is 19.1. The number of likely N-dealkylation sites (tertiary alicyclic amines) is 1. The van der Waals surface area contributed by atoms with E-state index < -0.39 is 24.5 Å². The van der Waals surface area contributed by atoms with Crippen molar-refractivity contribution in [1.29, 1.82) is 0 Å². The Balaban J connectivity index is 1.24. The highest BCUT2D eigenvalue weighted by Crippen LogP contribution is 2.44. The first-order chi connectivity index (χ1) is 16.5. The van der Waals surface area contributed by atoms with Gasteiger partial charge in [0.25, 0.3) is 0 Å². The fraction of sp³-hybridized carbons (Fsp3) is 0.444. The highest BCUT2D eigenvalue weighted by Gasteiger charge is 2.44. The first-order valence-corrected chi connectivity index (χ1v) is 12.2. The van der Waals surface area contributed by atoms with Gasteiger partial charge in [-0.25, -0.2) is 4.79 Å². The molecule has 0 aromatic heterocycles. The first kappa shape index (κ1) is 22.4. The second-order valence-corrected chi connectivity index (χ2v) is 9.58. The number of ether oxygens (including phenoxy) is 1. The van der Waals surface area contributed by atoms with Gasteiger partial charge < -0.3 is 20.1 Å². The molecule has 2 aromatic rings. The minimum absolute atomic E-state index is 0.103. The molecular formula is C27H30N2O5. The second-order valence-electron chi connectivity index (χ2n) is 9.58. The van der Waals surface area contributed by atoms with Crippen LogP contribution in [0.3, 0.4) is 0 Å². The zero-order valence-electron chi connectivity index (χ0n) is 19.1. The number of hydrogen-bond acceptors (Lipinski definition) is 4. The number of carboxylic acids is 1. The maximum atomic E-state index is 13.1. The maximum Gasteiger partial charge on any atom is 0.407 e. The number of carbonyl (C=O) groups excluding carboxylic acids is 2. The van der Waals surface area contributed by atoms with Crippen molar-refractivity contribution in [2.75, 3.05) is 13.2 Å². The van der Waals surface area contributed by atoms with E-state index in [0.29, 0.717) is 12.5 Å². The number of carboxylic acid groups (broad SMARTS) is 1. The molecule has 2 N–H and O–H groups in total. The van der Waals surface area contributed by atoms with Crippen molar-refractivity contribution in [3.63, 3.8) is 0 Å². The van der Waals surface area contributed by atoms with Crippen LogP contribution in [0, 0.1) is 5.92 Å². The normalized spacial score (nSPS) is 21.8. The molecule has 2 amide bonds. The van der Waals surface area contributed by atoms with Gasteiger partial charge in [0, 0.05) is 18.5 Å². The second kappa shape index (κ2) is 9.49. The predicted octanol–water partition coefficient (Wildman–Crippen LogP) is 4.16. The number of amides is 2. The lowest BCUT2D eigenvalue weighted by atomic mass is 9.84. The van der Waals surface area contributed by atoms with Crippen molar-refractivity contribution < 1.29 is 24.2 Å². The Morgan fingerprint density at radius 1 is 0.971 bits per heavy atom. The highest BCUT2D eigenvalue weighted by molar-refractivity contribution is 5.90. The number of rotatable bonds is 6. The van der Waals surface area contributed by atoms with Crippen LogP contribution in [0.4, 0.5) is 4.79 Å². The number of hydrogen-bond donors (Lipinski definition) is 2. The van der Waals surface area contributed by atoms with E-state index in [1.54, 1.807) is 4.90 Å². The monoisotopic (exact) mass is 462 g/mol. The van der Waals surface area contributed by atoms with Gasteiger partial charge in [-0.1, -0.05) is 67.8 Å². The van der Waals surface area contributed by atoms with Gasteiger partial charge in [0.15, 0.2) is 0 Å². The van der Waals surface area contributed by atoms with Crippen LogP contribution in [0.15, 0.2) is 48.5 Å². The highest BCUT2D eigenvalue weighted by atomic mass is 16.5. The molecule has 178 valence electrons. The molecule has 0 bridgehead atoms. The average Bonchev–Trinajstić information content (AvgIpc) is 3.02. The summed E-state index contributed by atoms with van der Waals surface area (Å²) < 4.78 is 5.55. The van der Waals surface area contributed by atoms with Crippen LogP contribution in [0.25, 0.3) is 11.1 Å². The third kappa shape index (κ3) is 4.27. The van der Waals surface area contributed by atoms with E-state index in [9.17, 15) is 19.5 Å². The summed E-state index contributed by atoms with van der Waals surface area (Å²) in [4.78, 5) is 39.0. The van der Waals surface area contributed by atoms with E-state index in [2.05, 4.69) is 17.4 Å². The van der Waals surface area contributed by atoms with Crippen LogP contribution < -0.4 is 5.32 Å². The number of fused-ring (bicyclic) bond motifs is 4. The van der Waals surface area contributed by atoms with E-state index in [-0.39, 0.29) is 24.5 Å². The van der Waals surface area contributed by atoms with Crippen LogP contribution in [0.1, 0.15) is 55.6 Å². The van der Waals surface area contributed by atoms with E-state index >= 15 is 0 Å². The number of carbonyl (C=O) groups is 3. The van der Waals surface area contributed by atoms with Crippen LogP contribution in [0.5, 0.6) is 0 Å². The maximum absolute atomic E-state index is 13.1. The quantitative estimate of drug-likeness (QED) is 0.672. The van der Waals surface area contributed by atoms with Gasteiger partial charge in [0.1, 0.15) is 12.6 Å². The molecule has 1 saturated heterocycles. The smallest absolute Gasteiger partial charge is 0.407 e. The van der Waals surface area contributed by atoms with E-state index in [4.69, 9.17) is 4.74 Å². The summed E-state index contributed by atoms with van der Waals surface area (Å²) in [7, 11) is 0. The largest absolute Gasteiger partial charge is 0.481 e. The number of aliphatic carboxylic acids is 1. The Morgan fingerprint density at radius 2 is 1.62 bits per heavy atom. The first-order valence-electron chi connectivity index (χ1n) is 12.2. The molecule has 1 aliphatic heterocycles. The molecule has 3 atom stereocenters. The Morgan fingerprint density at radius 3 is 2.29 bits per heavy atom. The number of nitrogens with zero attached hydrogens (tertiary/aromatic N) is 1. The molecule has 2 fully saturated rings. The average molecular weight is 463 g/mol. The molecule has 1 saturated carbocycles. The van der Waals surface area contributed by atoms with Gasteiger partial charge in [-0.15, -0.1) is 0 Å². The molecule has 1 heterocycles. The summed E-state index contributed by atoms with van der Waals surface area (Å²) in [6.07, 6.45) is 4.26. The lowest BCUT2D eigenvalue weighted by molar-refractivity contribution is -0.150. The van der Waals surface area contributed by atoms with E-state index in [0.717, 1.165) is 41.5 Å². The summed E-state index contributed by atoms with van der Waals surface area (Å²) in [5.41, 5.74) is 4.44. The van der Waals surface area contributed by atoms with Crippen molar-refractivity contribution >= 4 is 18.0 Å².